The molecule has 3 amide bonds. The smallest absolute Gasteiger partial charge is 0.262 e. The fourth-order valence-electron chi connectivity index (χ4n) is 3.52. The van der Waals surface area contributed by atoms with Crippen LogP contribution in [0.3, 0.4) is 0 Å². The minimum Gasteiger partial charge on any atom is -0.337 e. The van der Waals surface area contributed by atoms with Crippen molar-refractivity contribution >= 4 is 50.8 Å². The number of rotatable bonds is 5. The Morgan fingerprint density at radius 2 is 1.71 bits per heavy atom. The Morgan fingerprint density at radius 1 is 1.18 bits per heavy atom. The van der Waals surface area contributed by atoms with Crippen LogP contribution in [0.25, 0.3) is 0 Å². The maximum atomic E-state index is 12.9. The van der Waals surface area contributed by atoms with E-state index in [1.54, 1.807) is 0 Å². The fourth-order valence-corrected chi connectivity index (χ4v) is 5.58. The van der Waals surface area contributed by atoms with Crippen LogP contribution in [0.15, 0.2) is 12.1 Å². The second-order valence-electron chi connectivity index (χ2n) is 7.51. The monoisotopic (exact) mass is 446 g/mol. The van der Waals surface area contributed by atoms with Crippen LogP contribution < -0.4 is 0 Å². The minimum atomic E-state index is -3.18. The molecular formula is C18H20Cl2N2O5S. The Labute approximate surface area is 173 Å². The molecule has 0 bridgehead atoms. The van der Waals surface area contributed by atoms with Crippen molar-refractivity contribution in [1.29, 1.82) is 0 Å². The van der Waals surface area contributed by atoms with Gasteiger partial charge in [-0.3, -0.25) is 19.3 Å². The van der Waals surface area contributed by atoms with Crippen LogP contribution in [0, 0.1) is 5.92 Å². The summed E-state index contributed by atoms with van der Waals surface area (Å²) in [4.78, 5) is 40.5. The Balaban J connectivity index is 1.82. The van der Waals surface area contributed by atoms with E-state index < -0.39 is 40.1 Å². The number of nitrogens with zero attached hydrogens (tertiary/aromatic N) is 2. The van der Waals surface area contributed by atoms with E-state index in [1.807, 2.05) is 13.8 Å². The van der Waals surface area contributed by atoms with Gasteiger partial charge in [0.2, 0.25) is 5.91 Å². The molecule has 0 aromatic heterocycles. The summed E-state index contributed by atoms with van der Waals surface area (Å²) in [6.07, 6.45) is 0.355. The van der Waals surface area contributed by atoms with E-state index in [2.05, 4.69) is 0 Å². The quantitative estimate of drug-likeness (QED) is 0.646. The summed E-state index contributed by atoms with van der Waals surface area (Å²) in [5.41, 5.74) is 0.206. The second-order valence-corrected chi connectivity index (χ2v) is 10.5. The van der Waals surface area contributed by atoms with E-state index in [1.165, 1.54) is 17.0 Å². The molecule has 1 fully saturated rings. The number of hydrogen-bond acceptors (Lipinski definition) is 5. The van der Waals surface area contributed by atoms with E-state index >= 15 is 0 Å². The van der Waals surface area contributed by atoms with Crippen molar-refractivity contribution in [3.8, 4) is 0 Å². The van der Waals surface area contributed by atoms with Crippen LogP contribution in [-0.4, -0.2) is 66.6 Å². The molecule has 0 saturated carbocycles. The maximum Gasteiger partial charge on any atom is 0.262 e. The Hall–Kier alpha value is -1.64. The number of benzene rings is 1. The standard InChI is InChI=1S/C18H20Cl2N2O5S/c1-10(2)7-21(11-3-4-28(26,27)9-11)16(23)8-22-17(24)12-5-14(19)15(20)6-13(12)18(22)25/h5-6,10-11H,3-4,7-9H2,1-2H3/t11-/m0/s1. The Kier molecular flexibility index (Phi) is 5.76. The highest BCUT2D eigenvalue weighted by Crippen LogP contribution is 2.31. The molecule has 2 heterocycles. The van der Waals surface area contributed by atoms with Crippen LogP contribution in [0.4, 0.5) is 0 Å². The highest BCUT2D eigenvalue weighted by molar-refractivity contribution is 7.91. The van der Waals surface area contributed by atoms with Crippen LogP contribution in [-0.2, 0) is 14.6 Å². The molecule has 0 spiro atoms. The zero-order valence-corrected chi connectivity index (χ0v) is 17.8. The molecule has 152 valence electrons. The SMILES string of the molecule is CC(C)CN(C(=O)CN1C(=O)c2cc(Cl)c(Cl)cc2C1=O)[C@H]1CCS(=O)(=O)C1. The van der Waals surface area contributed by atoms with Crippen LogP contribution in [0.5, 0.6) is 0 Å². The lowest BCUT2D eigenvalue weighted by atomic mass is 10.1. The molecular weight excluding hydrogens is 427 g/mol. The zero-order chi connectivity index (χ0) is 20.8. The largest absolute Gasteiger partial charge is 0.337 e. The van der Waals surface area contributed by atoms with Crippen molar-refractivity contribution in [1.82, 2.24) is 9.80 Å². The van der Waals surface area contributed by atoms with Crippen LogP contribution >= 0.6 is 23.2 Å². The molecule has 3 rings (SSSR count). The van der Waals surface area contributed by atoms with Gasteiger partial charge in [0.25, 0.3) is 11.8 Å². The van der Waals surface area contributed by atoms with Crippen molar-refractivity contribution < 1.29 is 22.8 Å². The third-order valence-corrected chi connectivity index (χ3v) is 7.31. The van der Waals surface area contributed by atoms with Gasteiger partial charge in [0.15, 0.2) is 9.84 Å². The third kappa shape index (κ3) is 4.04. The van der Waals surface area contributed by atoms with Gasteiger partial charge in [0, 0.05) is 12.6 Å². The van der Waals surface area contributed by atoms with Gasteiger partial charge >= 0.3 is 0 Å². The van der Waals surface area contributed by atoms with Crippen molar-refractivity contribution in [2.24, 2.45) is 5.92 Å². The van der Waals surface area contributed by atoms with Crippen LogP contribution in [0.1, 0.15) is 41.0 Å². The van der Waals surface area contributed by atoms with E-state index in [4.69, 9.17) is 23.2 Å². The van der Waals surface area contributed by atoms with Crippen molar-refractivity contribution in [3.05, 3.63) is 33.3 Å². The molecule has 0 radical (unpaired) electrons. The molecule has 0 N–H and O–H groups in total. The highest BCUT2D eigenvalue weighted by atomic mass is 35.5. The normalized spacial score (nSPS) is 20.8. The second kappa shape index (κ2) is 7.65. The van der Waals surface area contributed by atoms with Gasteiger partial charge in [-0.1, -0.05) is 37.0 Å². The first-order valence-electron chi connectivity index (χ1n) is 8.85. The predicted octanol–water partition coefficient (Wildman–Crippen LogP) is 2.26. The number of sulfone groups is 1. The first kappa shape index (κ1) is 21.1. The highest BCUT2D eigenvalue weighted by Gasteiger charge is 2.40. The van der Waals surface area contributed by atoms with Gasteiger partial charge in [0.1, 0.15) is 6.54 Å². The third-order valence-electron chi connectivity index (χ3n) is 4.84. The summed E-state index contributed by atoms with van der Waals surface area (Å²) in [7, 11) is -3.18. The maximum absolute atomic E-state index is 12.9. The summed E-state index contributed by atoms with van der Waals surface area (Å²) in [6, 6.07) is 2.19. The van der Waals surface area contributed by atoms with Gasteiger partial charge in [0.05, 0.1) is 32.7 Å². The molecule has 1 saturated heterocycles. The number of halogens is 2. The number of fused-ring (bicyclic) bond motifs is 1. The molecule has 0 aliphatic carbocycles. The van der Waals surface area contributed by atoms with E-state index in [0.717, 1.165) is 4.90 Å². The summed E-state index contributed by atoms with van der Waals surface area (Å²) in [6.45, 7) is 3.72. The molecule has 7 nitrogen and oxygen atoms in total. The molecule has 0 unspecified atom stereocenters. The number of hydrogen-bond donors (Lipinski definition) is 0. The van der Waals surface area contributed by atoms with E-state index in [0.29, 0.717) is 13.0 Å². The average Bonchev–Trinajstić information content (AvgIpc) is 3.06. The van der Waals surface area contributed by atoms with Crippen molar-refractivity contribution in [2.75, 3.05) is 24.6 Å². The minimum absolute atomic E-state index is 0.0313. The molecule has 2 aliphatic rings. The first-order valence-corrected chi connectivity index (χ1v) is 11.4. The van der Waals surface area contributed by atoms with Gasteiger partial charge in [-0.25, -0.2) is 8.42 Å². The van der Waals surface area contributed by atoms with Gasteiger partial charge in [-0.05, 0) is 24.5 Å². The summed E-state index contributed by atoms with van der Waals surface area (Å²) in [5.74, 6) is -1.65. The van der Waals surface area contributed by atoms with Gasteiger partial charge in [-0.2, -0.15) is 0 Å². The fraction of sp³-hybridized carbons (Fsp3) is 0.500. The molecule has 10 heteroatoms. The molecule has 28 heavy (non-hydrogen) atoms. The van der Waals surface area contributed by atoms with Crippen molar-refractivity contribution in [3.63, 3.8) is 0 Å². The molecule has 1 atom stereocenters. The Bertz CT molecular complexity index is 920. The zero-order valence-electron chi connectivity index (χ0n) is 15.4. The lowest BCUT2D eigenvalue weighted by molar-refractivity contribution is -0.134. The summed E-state index contributed by atoms with van der Waals surface area (Å²) < 4.78 is 23.7. The summed E-state index contributed by atoms with van der Waals surface area (Å²) >= 11 is 11.9. The number of carbonyl (C=O) groups excluding carboxylic acids is 3. The first-order chi connectivity index (χ1) is 13.0. The average molecular weight is 447 g/mol. The van der Waals surface area contributed by atoms with Gasteiger partial charge in [-0.15, -0.1) is 0 Å². The molecule has 1 aromatic carbocycles. The van der Waals surface area contributed by atoms with Crippen LogP contribution in [0.2, 0.25) is 10.0 Å². The Morgan fingerprint density at radius 3 is 2.14 bits per heavy atom. The van der Waals surface area contributed by atoms with Crippen molar-refractivity contribution in [2.45, 2.75) is 26.3 Å². The number of carbonyl (C=O) groups is 3. The van der Waals surface area contributed by atoms with Gasteiger partial charge < -0.3 is 4.90 Å². The lowest BCUT2D eigenvalue weighted by Crippen LogP contribution is -2.48. The topological polar surface area (TPSA) is 91.8 Å². The summed E-state index contributed by atoms with van der Waals surface area (Å²) in [5, 5.41) is 0.291. The van der Waals surface area contributed by atoms with E-state index in [9.17, 15) is 22.8 Å². The lowest BCUT2D eigenvalue weighted by Gasteiger charge is -2.31. The number of amides is 3. The predicted molar refractivity (Wildman–Crippen MR) is 105 cm³/mol. The molecule has 1 aromatic rings. The van der Waals surface area contributed by atoms with E-state index in [-0.39, 0.29) is 38.6 Å². The number of imide groups is 1. The molecule has 2 aliphatic heterocycles.